The van der Waals surface area contributed by atoms with Gasteiger partial charge in [0.05, 0.1) is 12.7 Å². The second-order valence-electron chi connectivity index (χ2n) is 6.38. The molecule has 0 bridgehead atoms. The number of rotatable bonds is 5. The number of ether oxygens (including phenoxy) is 1. The van der Waals surface area contributed by atoms with Crippen LogP contribution in [0.2, 0.25) is 0 Å². The van der Waals surface area contributed by atoms with E-state index in [2.05, 4.69) is 46.2 Å². The largest absolute Gasteiger partial charge is 0.370 e. The summed E-state index contributed by atoms with van der Waals surface area (Å²) in [7, 11) is 0. The van der Waals surface area contributed by atoms with Crippen LogP contribution in [0.5, 0.6) is 0 Å². The van der Waals surface area contributed by atoms with Crippen molar-refractivity contribution in [3.63, 3.8) is 0 Å². The van der Waals surface area contributed by atoms with Gasteiger partial charge in [0.15, 0.2) is 0 Å². The van der Waals surface area contributed by atoms with E-state index >= 15 is 0 Å². The first-order chi connectivity index (χ1) is 7.79. The summed E-state index contributed by atoms with van der Waals surface area (Å²) in [5.74, 6) is 0.527. The van der Waals surface area contributed by atoms with Gasteiger partial charge in [-0.15, -0.1) is 13.2 Å². The highest BCUT2D eigenvalue weighted by Crippen LogP contribution is 2.35. The maximum absolute atomic E-state index is 5.80. The minimum absolute atomic E-state index is 0.133. The summed E-state index contributed by atoms with van der Waals surface area (Å²) >= 11 is 0. The van der Waals surface area contributed by atoms with Crippen molar-refractivity contribution in [1.82, 2.24) is 5.32 Å². The second kappa shape index (κ2) is 5.36. The van der Waals surface area contributed by atoms with Crippen molar-refractivity contribution in [2.75, 3.05) is 6.61 Å². The van der Waals surface area contributed by atoms with E-state index in [4.69, 9.17) is 4.74 Å². The monoisotopic (exact) mass is 237 g/mol. The normalized spacial score (nSPS) is 25.2. The Hall–Kier alpha value is -0.600. The fourth-order valence-corrected chi connectivity index (χ4v) is 3.21. The fraction of sp³-hybridized carbons (Fsp3) is 0.733. The molecule has 0 aromatic carbocycles. The molecule has 0 saturated carbocycles. The molecule has 1 saturated heterocycles. The Bertz CT molecular complexity index is 265. The van der Waals surface area contributed by atoms with Gasteiger partial charge < -0.3 is 10.1 Å². The zero-order chi connectivity index (χ0) is 13.1. The number of hydrogen-bond acceptors (Lipinski definition) is 2. The average Bonchev–Trinajstić information content (AvgIpc) is 2.14. The summed E-state index contributed by atoms with van der Waals surface area (Å²) in [6, 6.07) is 0. The van der Waals surface area contributed by atoms with E-state index in [0.717, 1.165) is 12.8 Å². The molecular formula is C15H27NO. The van der Waals surface area contributed by atoms with Gasteiger partial charge in [0.25, 0.3) is 0 Å². The van der Waals surface area contributed by atoms with Crippen molar-refractivity contribution >= 4 is 0 Å². The topological polar surface area (TPSA) is 21.3 Å². The molecule has 1 aliphatic heterocycles. The van der Waals surface area contributed by atoms with Crippen LogP contribution in [-0.4, -0.2) is 23.8 Å². The molecule has 1 fully saturated rings. The van der Waals surface area contributed by atoms with E-state index < -0.39 is 0 Å². The van der Waals surface area contributed by atoms with Gasteiger partial charge in [0.1, 0.15) is 0 Å². The molecule has 0 aliphatic carbocycles. The van der Waals surface area contributed by atoms with Gasteiger partial charge in [0, 0.05) is 11.1 Å². The van der Waals surface area contributed by atoms with Crippen LogP contribution in [0.4, 0.5) is 0 Å². The number of piperidine rings is 1. The molecule has 0 aromatic heterocycles. The molecule has 1 aliphatic rings. The Kier molecular flexibility index (Phi) is 4.56. The SMILES string of the molecule is C=CCOC(C=C)C1CC(C)(C)NC(C)(C)C1. The van der Waals surface area contributed by atoms with Gasteiger partial charge in [-0.3, -0.25) is 0 Å². The van der Waals surface area contributed by atoms with Crippen molar-refractivity contribution < 1.29 is 4.74 Å². The molecule has 0 amide bonds. The van der Waals surface area contributed by atoms with Crippen molar-refractivity contribution in [3.8, 4) is 0 Å². The van der Waals surface area contributed by atoms with E-state index in [0.29, 0.717) is 12.5 Å². The maximum atomic E-state index is 5.80. The molecule has 2 heteroatoms. The first-order valence-electron chi connectivity index (χ1n) is 6.44. The first kappa shape index (κ1) is 14.5. The van der Waals surface area contributed by atoms with Gasteiger partial charge in [-0.1, -0.05) is 12.2 Å². The van der Waals surface area contributed by atoms with Crippen LogP contribution in [0.3, 0.4) is 0 Å². The Morgan fingerprint density at radius 3 is 2.18 bits per heavy atom. The third-order valence-corrected chi connectivity index (χ3v) is 3.33. The zero-order valence-corrected chi connectivity index (χ0v) is 11.8. The van der Waals surface area contributed by atoms with Gasteiger partial charge in [-0.2, -0.15) is 0 Å². The van der Waals surface area contributed by atoms with Crippen LogP contribution in [0.1, 0.15) is 40.5 Å². The summed E-state index contributed by atoms with van der Waals surface area (Å²) < 4.78 is 5.80. The van der Waals surface area contributed by atoms with Crippen LogP contribution >= 0.6 is 0 Å². The lowest BCUT2D eigenvalue weighted by Gasteiger charge is -2.48. The Balaban J connectivity index is 2.74. The van der Waals surface area contributed by atoms with Crippen molar-refractivity contribution in [2.24, 2.45) is 5.92 Å². The second-order valence-corrected chi connectivity index (χ2v) is 6.38. The molecule has 1 unspecified atom stereocenters. The van der Waals surface area contributed by atoms with Crippen LogP contribution in [0.25, 0.3) is 0 Å². The molecule has 98 valence electrons. The molecule has 17 heavy (non-hydrogen) atoms. The van der Waals surface area contributed by atoms with Crippen molar-refractivity contribution in [3.05, 3.63) is 25.3 Å². The lowest BCUT2D eigenvalue weighted by molar-refractivity contribution is 0.0103. The smallest absolute Gasteiger partial charge is 0.0786 e. The molecule has 1 heterocycles. The first-order valence-corrected chi connectivity index (χ1v) is 6.44. The van der Waals surface area contributed by atoms with E-state index in [1.54, 1.807) is 6.08 Å². The predicted molar refractivity (Wildman–Crippen MR) is 74.2 cm³/mol. The Labute approximate surface area is 106 Å². The maximum Gasteiger partial charge on any atom is 0.0786 e. The third-order valence-electron chi connectivity index (χ3n) is 3.33. The minimum Gasteiger partial charge on any atom is -0.370 e. The Morgan fingerprint density at radius 2 is 1.76 bits per heavy atom. The van der Waals surface area contributed by atoms with Crippen molar-refractivity contribution in [1.29, 1.82) is 0 Å². The lowest BCUT2D eigenvalue weighted by atomic mass is 9.73. The highest BCUT2D eigenvalue weighted by Gasteiger charge is 2.40. The molecular weight excluding hydrogens is 210 g/mol. The van der Waals surface area contributed by atoms with Crippen LogP contribution < -0.4 is 5.32 Å². The van der Waals surface area contributed by atoms with E-state index in [-0.39, 0.29) is 17.2 Å². The molecule has 0 spiro atoms. The van der Waals surface area contributed by atoms with E-state index in [1.165, 1.54) is 0 Å². The number of hydrogen-bond donors (Lipinski definition) is 1. The summed E-state index contributed by atoms with van der Waals surface area (Å²) in [5.41, 5.74) is 0.316. The quantitative estimate of drug-likeness (QED) is 0.741. The highest BCUT2D eigenvalue weighted by atomic mass is 16.5. The summed E-state index contributed by atoms with van der Waals surface area (Å²) in [6.07, 6.45) is 6.10. The summed E-state index contributed by atoms with van der Waals surface area (Å²) in [6.45, 7) is 17.2. The van der Waals surface area contributed by atoms with Crippen LogP contribution in [0.15, 0.2) is 25.3 Å². The standard InChI is InChI=1S/C15H27NO/c1-7-9-17-13(8-2)12-10-14(3,4)16-15(5,6)11-12/h7-8,12-13,16H,1-2,9-11H2,3-6H3. The average molecular weight is 237 g/mol. The predicted octanol–water partition coefficient (Wildman–Crippen LogP) is 3.30. The molecule has 0 aromatic rings. The summed E-state index contributed by atoms with van der Waals surface area (Å²) in [4.78, 5) is 0. The molecule has 1 rings (SSSR count). The molecule has 1 atom stereocenters. The molecule has 2 nitrogen and oxygen atoms in total. The lowest BCUT2D eigenvalue weighted by Crippen LogP contribution is -2.59. The molecule has 0 radical (unpaired) electrons. The fourth-order valence-electron chi connectivity index (χ4n) is 3.21. The van der Waals surface area contributed by atoms with E-state index in [1.807, 2.05) is 6.08 Å². The van der Waals surface area contributed by atoms with Crippen LogP contribution in [0, 0.1) is 5.92 Å². The highest BCUT2D eigenvalue weighted by molar-refractivity contribution is 5.02. The van der Waals surface area contributed by atoms with Gasteiger partial charge in [-0.05, 0) is 46.5 Å². The molecule has 1 N–H and O–H groups in total. The summed E-state index contributed by atoms with van der Waals surface area (Å²) in [5, 5.41) is 3.69. The van der Waals surface area contributed by atoms with Crippen molar-refractivity contribution in [2.45, 2.75) is 57.7 Å². The Morgan fingerprint density at radius 1 is 1.24 bits per heavy atom. The van der Waals surface area contributed by atoms with E-state index in [9.17, 15) is 0 Å². The van der Waals surface area contributed by atoms with Gasteiger partial charge in [-0.25, -0.2) is 0 Å². The third kappa shape index (κ3) is 4.29. The van der Waals surface area contributed by atoms with Gasteiger partial charge >= 0.3 is 0 Å². The van der Waals surface area contributed by atoms with Gasteiger partial charge in [0.2, 0.25) is 0 Å². The number of nitrogens with one attached hydrogen (secondary N) is 1. The van der Waals surface area contributed by atoms with Crippen LogP contribution in [-0.2, 0) is 4.74 Å². The minimum atomic E-state index is 0.133. The zero-order valence-electron chi connectivity index (χ0n) is 11.8.